The summed E-state index contributed by atoms with van der Waals surface area (Å²) < 4.78 is 0. The molecule has 0 radical (unpaired) electrons. The van der Waals surface area contributed by atoms with Crippen molar-refractivity contribution in [3.05, 3.63) is 23.8 Å². The molecule has 2 fully saturated rings. The van der Waals surface area contributed by atoms with Crippen LogP contribution in [0.3, 0.4) is 0 Å². The Morgan fingerprint density at radius 3 is 2.39 bits per heavy atom. The molecule has 8 heteroatoms. The Bertz CT molecular complexity index is 765. The van der Waals surface area contributed by atoms with Crippen LogP contribution >= 0.6 is 0 Å². The Labute approximate surface area is 165 Å². The van der Waals surface area contributed by atoms with Gasteiger partial charge in [-0.3, -0.25) is 19.7 Å². The van der Waals surface area contributed by atoms with Crippen LogP contribution in [-0.4, -0.2) is 58.0 Å². The zero-order chi connectivity index (χ0) is 20.3. The number of carbonyl (C=O) groups excluding carboxylic acids is 3. The minimum Gasteiger partial charge on any atom is -0.369 e. The first-order valence-electron chi connectivity index (χ1n) is 9.76. The molecule has 3 amide bonds. The summed E-state index contributed by atoms with van der Waals surface area (Å²) >= 11 is 0. The van der Waals surface area contributed by atoms with Crippen molar-refractivity contribution >= 4 is 29.1 Å². The molecule has 28 heavy (non-hydrogen) atoms. The topological polar surface area (TPSA) is 108 Å². The second-order valence-corrected chi connectivity index (χ2v) is 7.63. The van der Waals surface area contributed by atoms with Crippen molar-refractivity contribution in [1.29, 1.82) is 0 Å². The van der Waals surface area contributed by atoms with Crippen molar-refractivity contribution in [2.45, 2.75) is 25.7 Å². The standard InChI is InChI=1S/C19H24N4O3.CH5N/c1-22-16-13(5-6-15(24)21-17(25)18(22)26)3-2-4-14(16)23-11-19(12-23)7-9-20-10-8-19;1-2/h2-4,20H,5-12H2,1H3,(H,21,24,25);2H2,1H3. The van der Waals surface area contributed by atoms with Crippen molar-refractivity contribution in [3.63, 3.8) is 0 Å². The fourth-order valence-electron chi connectivity index (χ4n) is 4.37. The maximum Gasteiger partial charge on any atom is 0.316 e. The first kappa shape index (κ1) is 20.3. The molecule has 0 atom stereocenters. The van der Waals surface area contributed by atoms with Gasteiger partial charge in [-0.25, -0.2) is 0 Å². The summed E-state index contributed by atoms with van der Waals surface area (Å²) in [6, 6.07) is 5.91. The molecule has 1 spiro atoms. The van der Waals surface area contributed by atoms with Gasteiger partial charge in [0.25, 0.3) is 0 Å². The molecule has 152 valence electrons. The maximum atomic E-state index is 12.5. The summed E-state index contributed by atoms with van der Waals surface area (Å²) in [4.78, 5) is 40.0. The zero-order valence-corrected chi connectivity index (χ0v) is 16.6. The molecule has 1 aromatic carbocycles. The van der Waals surface area contributed by atoms with E-state index in [2.05, 4.69) is 21.3 Å². The molecular formula is C20H29N5O3. The quantitative estimate of drug-likeness (QED) is 0.463. The van der Waals surface area contributed by atoms with E-state index in [-0.39, 0.29) is 6.42 Å². The van der Waals surface area contributed by atoms with E-state index in [1.54, 1.807) is 7.05 Å². The smallest absolute Gasteiger partial charge is 0.316 e. The molecule has 0 aliphatic carbocycles. The highest BCUT2D eigenvalue weighted by molar-refractivity contribution is 6.42. The number of para-hydroxylation sites is 1. The molecule has 3 aliphatic heterocycles. The number of likely N-dealkylation sites (N-methyl/N-ethyl adjacent to an activating group) is 1. The summed E-state index contributed by atoms with van der Waals surface area (Å²) in [5, 5.41) is 5.58. The van der Waals surface area contributed by atoms with Gasteiger partial charge in [0.2, 0.25) is 5.91 Å². The number of hydrogen-bond acceptors (Lipinski definition) is 6. The third kappa shape index (κ3) is 3.74. The maximum absolute atomic E-state index is 12.5. The van der Waals surface area contributed by atoms with Crippen LogP contribution in [0.2, 0.25) is 0 Å². The van der Waals surface area contributed by atoms with Crippen molar-refractivity contribution in [1.82, 2.24) is 10.6 Å². The Hall–Kier alpha value is -2.45. The van der Waals surface area contributed by atoms with E-state index in [1.807, 2.05) is 18.2 Å². The number of nitrogens with two attached hydrogens (primary N) is 1. The van der Waals surface area contributed by atoms with E-state index >= 15 is 0 Å². The average Bonchev–Trinajstić information content (AvgIpc) is 2.74. The number of benzene rings is 1. The average molecular weight is 387 g/mol. The van der Waals surface area contributed by atoms with Gasteiger partial charge in [-0.1, -0.05) is 12.1 Å². The van der Waals surface area contributed by atoms with Crippen molar-refractivity contribution in [2.75, 3.05) is 50.1 Å². The highest BCUT2D eigenvalue weighted by Gasteiger charge is 2.44. The zero-order valence-electron chi connectivity index (χ0n) is 16.6. The van der Waals surface area contributed by atoms with Crippen LogP contribution in [0.15, 0.2) is 18.2 Å². The van der Waals surface area contributed by atoms with Gasteiger partial charge < -0.3 is 20.9 Å². The van der Waals surface area contributed by atoms with Gasteiger partial charge in [0.15, 0.2) is 0 Å². The highest BCUT2D eigenvalue weighted by Crippen LogP contribution is 2.45. The van der Waals surface area contributed by atoms with Crippen LogP contribution in [0, 0.1) is 5.41 Å². The van der Waals surface area contributed by atoms with Gasteiger partial charge in [0, 0.05) is 32.0 Å². The highest BCUT2D eigenvalue weighted by atomic mass is 16.2. The number of amides is 3. The normalized spacial score (nSPS) is 21.5. The lowest BCUT2D eigenvalue weighted by Crippen LogP contribution is -2.60. The molecule has 4 rings (SSSR count). The SMILES string of the molecule is CN.CN1C(=O)C(=O)NC(=O)CCc2cccc(N3CC4(CCNCC4)C3)c21. The largest absolute Gasteiger partial charge is 0.369 e. The lowest BCUT2D eigenvalue weighted by molar-refractivity contribution is -0.140. The number of nitrogens with zero attached hydrogens (tertiary/aromatic N) is 2. The first-order chi connectivity index (χ1) is 13.5. The third-order valence-electron chi connectivity index (χ3n) is 5.86. The molecule has 0 unspecified atom stereocenters. The number of nitrogens with one attached hydrogen (secondary N) is 2. The third-order valence-corrected chi connectivity index (χ3v) is 5.86. The van der Waals surface area contributed by atoms with Gasteiger partial charge >= 0.3 is 11.8 Å². The van der Waals surface area contributed by atoms with E-state index in [0.717, 1.165) is 43.1 Å². The Kier molecular flexibility index (Phi) is 6.00. The van der Waals surface area contributed by atoms with Gasteiger partial charge in [-0.05, 0) is 51.0 Å². The summed E-state index contributed by atoms with van der Waals surface area (Å²) in [6.45, 7) is 4.05. The van der Waals surface area contributed by atoms with Crippen LogP contribution in [0.4, 0.5) is 11.4 Å². The molecule has 0 aromatic heterocycles. The number of fused-ring (bicyclic) bond motifs is 1. The van der Waals surface area contributed by atoms with Gasteiger partial charge in [0.1, 0.15) is 0 Å². The Morgan fingerprint density at radius 1 is 1.04 bits per heavy atom. The van der Waals surface area contributed by atoms with E-state index in [4.69, 9.17) is 0 Å². The number of carbonyl (C=O) groups is 3. The predicted octanol–water partition coefficient (Wildman–Crippen LogP) is 0.00310. The summed E-state index contributed by atoms with van der Waals surface area (Å²) in [6.07, 6.45) is 3.04. The lowest BCUT2D eigenvalue weighted by Gasteiger charge is -2.54. The molecule has 0 saturated carbocycles. The summed E-state index contributed by atoms with van der Waals surface area (Å²) in [7, 11) is 3.11. The molecule has 3 heterocycles. The van der Waals surface area contributed by atoms with Crippen molar-refractivity contribution in [2.24, 2.45) is 11.1 Å². The predicted molar refractivity (Wildman–Crippen MR) is 108 cm³/mol. The Balaban J connectivity index is 0.00000109. The lowest BCUT2D eigenvalue weighted by atomic mass is 9.72. The fraction of sp³-hybridized carbons (Fsp3) is 0.550. The van der Waals surface area contributed by atoms with Crippen molar-refractivity contribution < 1.29 is 14.4 Å². The van der Waals surface area contributed by atoms with Gasteiger partial charge in [-0.15, -0.1) is 0 Å². The van der Waals surface area contributed by atoms with Crippen LogP contribution in [0.1, 0.15) is 24.8 Å². The van der Waals surface area contributed by atoms with Crippen LogP contribution in [0.25, 0.3) is 0 Å². The van der Waals surface area contributed by atoms with Crippen LogP contribution in [0.5, 0.6) is 0 Å². The van der Waals surface area contributed by atoms with E-state index < -0.39 is 17.7 Å². The molecular weight excluding hydrogens is 358 g/mol. The fourth-order valence-corrected chi connectivity index (χ4v) is 4.37. The number of rotatable bonds is 1. The van der Waals surface area contributed by atoms with Gasteiger partial charge in [-0.2, -0.15) is 0 Å². The molecule has 3 aliphatic rings. The molecule has 4 N–H and O–H groups in total. The number of anilines is 2. The number of piperidine rings is 1. The van der Waals surface area contributed by atoms with Crippen LogP contribution in [-0.2, 0) is 20.8 Å². The minimum atomic E-state index is -0.862. The molecule has 2 saturated heterocycles. The number of hydrogen-bond donors (Lipinski definition) is 3. The van der Waals surface area contributed by atoms with E-state index in [9.17, 15) is 14.4 Å². The van der Waals surface area contributed by atoms with Crippen LogP contribution < -0.4 is 26.2 Å². The minimum absolute atomic E-state index is 0.193. The molecule has 1 aromatic rings. The summed E-state index contributed by atoms with van der Waals surface area (Å²) in [5.74, 6) is -1.97. The molecule has 8 nitrogen and oxygen atoms in total. The second-order valence-electron chi connectivity index (χ2n) is 7.63. The number of aryl methyl sites for hydroxylation is 1. The van der Waals surface area contributed by atoms with Crippen molar-refractivity contribution in [3.8, 4) is 0 Å². The second kappa shape index (κ2) is 8.28. The van der Waals surface area contributed by atoms with E-state index in [1.165, 1.54) is 24.8 Å². The monoisotopic (exact) mass is 387 g/mol. The van der Waals surface area contributed by atoms with Gasteiger partial charge in [0.05, 0.1) is 11.4 Å². The first-order valence-corrected chi connectivity index (χ1v) is 9.76. The molecule has 0 bridgehead atoms. The number of imide groups is 1. The summed E-state index contributed by atoms with van der Waals surface area (Å²) in [5.41, 5.74) is 7.52. The van der Waals surface area contributed by atoms with E-state index in [0.29, 0.717) is 11.8 Å². The Morgan fingerprint density at radius 2 is 1.71 bits per heavy atom.